The molecule has 3 nitrogen and oxygen atoms in total. The van der Waals surface area contributed by atoms with E-state index < -0.39 is 0 Å². The summed E-state index contributed by atoms with van der Waals surface area (Å²) in [5.74, 6) is 0.429. The maximum atomic E-state index is 11.8. The minimum atomic E-state index is -0.356. The molecular weight excluding hydrogens is 278 g/mol. The Hall–Kier alpha value is -0.520. The molecule has 92 valence electrons. The fourth-order valence-electron chi connectivity index (χ4n) is 1.80. The van der Waals surface area contributed by atoms with E-state index in [2.05, 4.69) is 0 Å². The highest BCUT2D eigenvalue weighted by atomic mass is 35.5. The summed E-state index contributed by atoms with van der Waals surface area (Å²) in [6, 6.07) is 4.00. The van der Waals surface area contributed by atoms with Gasteiger partial charge in [0.15, 0.2) is 0 Å². The molecule has 17 heavy (non-hydrogen) atoms. The molecule has 6 heteroatoms. The van der Waals surface area contributed by atoms with E-state index in [1.165, 1.54) is 16.6 Å². The van der Waals surface area contributed by atoms with Crippen LogP contribution in [0.3, 0.4) is 0 Å². The molecule has 0 spiro atoms. The molecule has 0 N–H and O–H groups in total. The summed E-state index contributed by atoms with van der Waals surface area (Å²) in [6.07, 6.45) is 1.37. The van der Waals surface area contributed by atoms with Gasteiger partial charge in [0.25, 0.3) is 0 Å². The summed E-state index contributed by atoms with van der Waals surface area (Å²) in [7, 11) is 0. The van der Waals surface area contributed by atoms with Crippen LogP contribution in [0, 0.1) is 0 Å². The molecule has 1 aliphatic heterocycles. The van der Waals surface area contributed by atoms with Crippen molar-refractivity contribution < 1.29 is 9.59 Å². The molecule has 0 aromatic carbocycles. The molecule has 0 bridgehead atoms. The van der Waals surface area contributed by atoms with Gasteiger partial charge in [-0.15, -0.1) is 23.1 Å². The van der Waals surface area contributed by atoms with E-state index >= 15 is 0 Å². The van der Waals surface area contributed by atoms with Crippen molar-refractivity contribution in [3.63, 3.8) is 0 Å². The Morgan fingerprint density at radius 1 is 1.65 bits per heavy atom. The average Bonchev–Trinajstić information content (AvgIpc) is 2.89. The summed E-state index contributed by atoms with van der Waals surface area (Å²) in [5.41, 5.74) is 0. The van der Waals surface area contributed by atoms with Crippen LogP contribution in [0.1, 0.15) is 17.7 Å². The van der Waals surface area contributed by atoms with Crippen LogP contribution < -0.4 is 0 Å². The Morgan fingerprint density at radius 3 is 3.12 bits per heavy atom. The third-order valence-corrected chi connectivity index (χ3v) is 5.03. The standard InChI is InChI=1S/C11H12ClNO2S2/c12-9(14)7-17-11-4-3-10(15)13(11)6-8-2-1-5-16-8/h1-2,5,11H,3-4,6-7H2. The zero-order valence-corrected chi connectivity index (χ0v) is 11.5. The highest BCUT2D eigenvalue weighted by Gasteiger charge is 2.31. The molecule has 1 unspecified atom stereocenters. The average molecular weight is 290 g/mol. The van der Waals surface area contributed by atoms with Crippen LogP contribution in [0.2, 0.25) is 0 Å². The van der Waals surface area contributed by atoms with Crippen molar-refractivity contribution in [2.24, 2.45) is 0 Å². The molecule has 1 saturated heterocycles. The number of hydrogen-bond donors (Lipinski definition) is 0. The molecule has 0 saturated carbocycles. The van der Waals surface area contributed by atoms with E-state index in [-0.39, 0.29) is 22.3 Å². The fraction of sp³-hybridized carbons (Fsp3) is 0.455. The number of thiophene rings is 1. The Labute approximate surface area is 113 Å². The van der Waals surface area contributed by atoms with Crippen molar-refractivity contribution in [1.82, 2.24) is 4.90 Å². The van der Waals surface area contributed by atoms with E-state index in [0.29, 0.717) is 13.0 Å². The lowest BCUT2D eigenvalue weighted by molar-refractivity contribution is -0.128. The summed E-state index contributed by atoms with van der Waals surface area (Å²) in [4.78, 5) is 25.5. The molecular formula is C11H12ClNO2S2. The van der Waals surface area contributed by atoms with Gasteiger partial charge in [-0.05, 0) is 29.5 Å². The SMILES string of the molecule is O=C(Cl)CSC1CCC(=O)N1Cc1cccs1. The number of likely N-dealkylation sites (tertiary alicyclic amines) is 1. The number of amides is 1. The first-order valence-corrected chi connectivity index (χ1v) is 7.59. The number of halogens is 1. The summed E-state index contributed by atoms with van der Waals surface area (Å²) in [6.45, 7) is 0.643. The third-order valence-electron chi connectivity index (χ3n) is 2.57. The minimum absolute atomic E-state index is 0.0901. The monoisotopic (exact) mass is 289 g/mol. The van der Waals surface area contributed by atoms with Crippen molar-refractivity contribution in [2.75, 3.05) is 5.75 Å². The van der Waals surface area contributed by atoms with Gasteiger partial charge in [0.2, 0.25) is 11.1 Å². The highest BCUT2D eigenvalue weighted by molar-refractivity contribution is 8.00. The van der Waals surface area contributed by atoms with Gasteiger partial charge in [-0.25, -0.2) is 0 Å². The fourth-order valence-corrected chi connectivity index (χ4v) is 3.67. The molecule has 2 rings (SSSR count). The summed E-state index contributed by atoms with van der Waals surface area (Å²) < 4.78 is 0. The molecule has 1 aromatic rings. The normalized spacial score (nSPS) is 19.9. The van der Waals surface area contributed by atoms with Gasteiger partial charge in [0.05, 0.1) is 17.7 Å². The van der Waals surface area contributed by atoms with Crippen LogP contribution in [0.25, 0.3) is 0 Å². The predicted octanol–water partition coefficient (Wildman–Crippen LogP) is 2.70. The first-order chi connectivity index (χ1) is 8.16. The second-order valence-corrected chi connectivity index (χ2v) is 6.38. The zero-order valence-electron chi connectivity index (χ0n) is 9.10. The summed E-state index contributed by atoms with van der Waals surface area (Å²) >= 11 is 8.42. The zero-order chi connectivity index (χ0) is 12.3. The van der Waals surface area contributed by atoms with Gasteiger partial charge in [-0.2, -0.15) is 0 Å². The van der Waals surface area contributed by atoms with E-state index in [9.17, 15) is 9.59 Å². The number of thioether (sulfide) groups is 1. The van der Waals surface area contributed by atoms with Crippen LogP contribution in [-0.4, -0.2) is 27.2 Å². The van der Waals surface area contributed by atoms with Crippen molar-refractivity contribution in [3.8, 4) is 0 Å². The van der Waals surface area contributed by atoms with E-state index in [0.717, 1.165) is 6.42 Å². The molecule has 1 aliphatic rings. The van der Waals surface area contributed by atoms with Crippen LogP contribution in [0.4, 0.5) is 0 Å². The van der Waals surface area contributed by atoms with Gasteiger partial charge in [-0.3, -0.25) is 9.59 Å². The molecule has 1 amide bonds. The van der Waals surface area contributed by atoms with Crippen molar-refractivity contribution in [1.29, 1.82) is 0 Å². The van der Waals surface area contributed by atoms with Crippen LogP contribution in [0.15, 0.2) is 17.5 Å². The van der Waals surface area contributed by atoms with E-state index in [1.54, 1.807) is 11.3 Å². The molecule has 1 atom stereocenters. The second kappa shape index (κ2) is 5.89. The Bertz CT molecular complexity index is 408. The number of rotatable bonds is 5. The van der Waals surface area contributed by atoms with Gasteiger partial charge < -0.3 is 4.90 Å². The topological polar surface area (TPSA) is 37.4 Å². The molecule has 2 heterocycles. The van der Waals surface area contributed by atoms with Gasteiger partial charge in [0.1, 0.15) is 0 Å². The van der Waals surface area contributed by atoms with Crippen molar-refractivity contribution >= 4 is 45.8 Å². The number of hydrogen-bond acceptors (Lipinski definition) is 4. The largest absolute Gasteiger partial charge is 0.326 e. The lowest BCUT2D eigenvalue weighted by atomic mass is 10.4. The van der Waals surface area contributed by atoms with Crippen molar-refractivity contribution in [2.45, 2.75) is 24.8 Å². The van der Waals surface area contributed by atoms with Crippen LogP contribution in [0.5, 0.6) is 0 Å². The smallest absolute Gasteiger partial charge is 0.231 e. The number of nitrogens with zero attached hydrogens (tertiary/aromatic N) is 1. The predicted molar refractivity (Wildman–Crippen MR) is 71.2 cm³/mol. The molecule has 0 aliphatic carbocycles. The number of carbonyl (C=O) groups excluding carboxylic acids is 2. The van der Waals surface area contributed by atoms with Gasteiger partial charge in [-0.1, -0.05) is 6.07 Å². The Balaban J connectivity index is 1.96. The van der Waals surface area contributed by atoms with Gasteiger partial charge in [0, 0.05) is 11.3 Å². The van der Waals surface area contributed by atoms with Crippen LogP contribution >= 0.6 is 34.7 Å². The third kappa shape index (κ3) is 3.47. The Morgan fingerprint density at radius 2 is 2.47 bits per heavy atom. The van der Waals surface area contributed by atoms with E-state index in [4.69, 9.17) is 11.6 Å². The van der Waals surface area contributed by atoms with Crippen molar-refractivity contribution in [3.05, 3.63) is 22.4 Å². The van der Waals surface area contributed by atoms with Gasteiger partial charge >= 0.3 is 0 Å². The maximum Gasteiger partial charge on any atom is 0.231 e. The summed E-state index contributed by atoms with van der Waals surface area (Å²) in [5, 5.41) is 1.73. The first kappa shape index (κ1) is 12.9. The second-order valence-electron chi connectivity index (χ2n) is 3.76. The molecule has 1 fully saturated rings. The quantitative estimate of drug-likeness (QED) is 0.782. The highest BCUT2D eigenvalue weighted by Crippen LogP contribution is 2.30. The molecule has 1 aromatic heterocycles. The molecule has 0 radical (unpaired) electrons. The maximum absolute atomic E-state index is 11.8. The minimum Gasteiger partial charge on any atom is -0.326 e. The first-order valence-electron chi connectivity index (χ1n) is 5.28. The van der Waals surface area contributed by atoms with Crippen LogP contribution in [-0.2, 0) is 16.1 Å². The van der Waals surface area contributed by atoms with E-state index in [1.807, 2.05) is 22.4 Å². The lowest BCUT2D eigenvalue weighted by Crippen LogP contribution is -2.30. The Kier molecular flexibility index (Phi) is 4.48. The number of carbonyl (C=O) groups is 2. The lowest BCUT2D eigenvalue weighted by Gasteiger charge is -2.23.